The highest BCUT2D eigenvalue weighted by molar-refractivity contribution is 5.83. The van der Waals surface area contributed by atoms with Crippen LogP contribution in [0.3, 0.4) is 0 Å². The summed E-state index contributed by atoms with van der Waals surface area (Å²) in [5.41, 5.74) is 3.96. The molecule has 3 N–H and O–H groups in total. The Morgan fingerprint density at radius 2 is 1.73 bits per heavy atom. The summed E-state index contributed by atoms with van der Waals surface area (Å²) in [5, 5.41) is 6.72. The summed E-state index contributed by atoms with van der Waals surface area (Å²) in [6.07, 6.45) is 4.89. The molecule has 4 rings (SSSR count). The first-order valence-electron chi connectivity index (χ1n) is 10.2. The number of aryl methyl sites for hydroxylation is 1. The van der Waals surface area contributed by atoms with Crippen molar-refractivity contribution < 1.29 is 4.74 Å². The lowest BCUT2D eigenvalue weighted by Gasteiger charge is -2.10. The van der Waals surface area contributed by atoms with Crippen molar-refractivity contribution in [3.63, 3.8) is 0 Å². The van der Waals surface area contributed by atoms with E-state index in [-0.39, 0.29) is 0 Å². The number of methoxy groups -OCH3 is 1. The molecule has 0 radical (unpaired) electrons. The third-order valence-corrected chi connectivity index (χ3v) is 4.92. The summed E-state index contributed by atoms with van der Waals surface area (Å²) >= 11 is 0. The van der Waals surface area contributed by atoms with Gasteiger partial charge in [-0.3, -0.25) is 0 Å². The minimum Gasteiger partial charge on any atom is -0.497 e. The van der Waals surface area contributed by atoms with E-state index >= 15 is 0 Å². The maximum atomic E-state index is 5.21. The van der Waals surface area contributed by atoms with Crippen LogP contribution in [0.4, 0.5) is 11.8 Å². The van der Waals surface area contributed by atoms with E-state index in [2.05, 4.69) is 54.8 Å². The molecule has 2 aromatic carbocycles. The average molecular weight is 403 g/mol. The van der Waals surface area contributed by atoms with Crippen molar-refractivity contribution in [3.8, 4) is 5.75 Å². The van der Waals surface area contributed by atoms with E-state index in [1.54, 1.807) is 13.4 Å². The largest absolute Gasteiger partial charge is 0.497 e. The van der Waals surface area contributed by atoms with Gasteiger partial charge in [-0.15, -0.1) is 0 Å². The van der Waals surface area contributed by atoms with E-state index in [1.165, 1.54) is 5.56 Å². The third kappa shape index (κ3) is 5.05. The summed E-state index contributed by atoms with van der Waals surface area (Å²) in [7, 11) is 1.67. The number of fused-ring (bicyclic) bond motifs is 1. The van der Waals surface area contributed by atoms with Crippen LogP contribution >= 0.6 is 0 Å². The Morgan fingerprint density at radius 3 is 2.53 bits per heavy atom. The van der Waals surface area contributed by atoms with Crippen molar-refractivity contribution in [3.05, 3.63) is 72.1 Å². The van der Waals surface area contributed by atoms with Crippen LogP contribution < -0.4 is 15.4 Å². The molecular formula is C23H26N6O. The fourth-order valence-corrected chi connectivity index (χ4v) is 3.27. The molecule has 0 atom stereocenters. The number of aromatic nitrogens is 4. The first-order chi connectivity index (χ1) is 14.8. The molecule has 0 spiro atoms. The molecule has 0 fully saturated rings. The van der Waals surface area contributed by atoms with Gasteiger partial charge in [0, 0.05) is 13.1 Å². The first-order valence-corrected chi connectivity index (χ1v) is 10.2. The van der Waals surface area contributed by atoms with Gasteiger partial charge in [-0.1, -0.05) is 42.5 Å². The number of H-pyrrole nitrogens is 1. The van der Waals surface area contributed by atoms with Gasteiger partial charge in [0.2, 0.25) is 5.95 Å². The number of nitrogens with zero attached hydrogens (tertiary/aromatic N) is 3. The van der Waals surface area contributed by atoms with Crippen molar-refractivity contribution in [1.82, 2.24) is 19.9 Å². The van der Waals surface area contributed by atoms with Crippen LogP contribution in [0.2, 0.25) is 0 Å². The number of unbranched alkanes of at least 4 members (excludes halogenated alkanes) is 1. The summed E-state index contributed by atoms with van der Waals surface area (Å²) in [6, 6.07) is 18.5. The number of nitrogens with one attached hydrogen (secondary N) is 3. The molecule has 30 heavy (non-hydrogen) atoms. The van der Waals surface area contributed by atoms with Crippen molar-refractivity contribution in [2.45, 2.75) is 25.8 Å². The van der Waals surface area contributed by atoms with Gasteiger partial charge >= 0.3 is 0 Å². The Hall–Kier alpha value is -3.61. The second kappa shape index (κ2) is 9.73. The Labute approximate surface area is 175 Å². The maximum absolute atomic E-state index is 5.21. The number of hydrogen-bond donors (Lipinski definition) is 3. The molecule has 154 valence electrons. The lowest BCUT2D eigenvalue weighted by Crippen LogP contribution is -2.09. The Kier molecular flexibility index (Phi) is 6.39. The number of benzene rings is 2. The van der Waals surface area contributed by atoms with Gasteiger partial charge in [-0.25, -0.2) is 4.98 Å². The van der Waals surface area contributed by atoms with Gasteiger partial charge in [-0.2, -0.15) is 9.97 Å². The zero-order valence-corrected chi connectivity index (χ0v) is 17.1. The van der Waals surface area contributed by atoms with Crippen LogP contribution in [0.5, 0.6) is 5.75 Å². The van der Waals surface area contributed by atoms with E-state index in [4.69, 9.17) is 4.74 Å². The van der Waals surface area contributed by atoms with Crippen molar-refractivity contribution in [1.29, 1.82) is 0 Å². The minimum absolute atomic E-state index is 0.601. The molecule has 7 heteroatoms. The highest BCUT2D eigenvalue weighted by Crippen LogP contribution is 2.20. The van der Waals surface area contributed by atoms with Crippen molar-refractivity contribution >= 4 is 22.9 Å². The van der Waals surface area contributed by atoms with Gasteiger partial charge in [0.05, 0.1) is 13.4 Å². The number of hydrogen-bond acceptors (Lipinski definition) is 6. The lowest BCUT2D eigenvalue weighted by molar-refractivity contribution is 0.414. The van der Waals surface area contributed by atoms with E-state index in [0.717, 1.165) is 42.6 Å². The molecule has 0 amide bonds. The molecule has 0 aliphatic heterocycles. The maximum Gasteiger partial charge on any atom is 0.226 e. The Balaban J connectivity index is 1.34. The number of aromatic amines is 1. The number of imidazole rings is 1. The summed E-state index contributed by atoms with van der Waals surface area (Å²) in [6.45, 7) is 1.46. The fraction of sp³-hybridized carbons (Fsp3) is 0.261. The van der Waals surface area contributed by atoms with Gasteiger partial charge in [-0.05, 0) is 42.5 Å². The van der Waals surface area contributed by atoms with Crippen LogP contribution in [0.15, 0.2) is 60.9 Å². The normalized spacial score (nSPS) is 10.8. The van der Waals surface area contributed by atoms with Gasteiger partial charge in [0.15, 0.2) is 11.5 Å². The van der Waals surface area contributed by atoms with Gasteiger partial charge in [0.1, 0.15) is 11.3 Å². The van der Waals surface area contributed by atoms with Crippen LogP contribution in [0.1, 0.15) is 24.0 Å². The summed E-state index contributed by atoms with van der Waals surface area (Å²) in [4.78, 5) is 16.6. The topological polar surface area (TPSA) is 87.8 Å². The molecule has 2 heterocycles. The van der Waals surface area contributed by atoms with E-state index in [0.29, 0.717) is 24.0 Å². The zero-order valence-electron chi connectivity index (χ0n) is 17.1. The van der Waals surface area contributed by atoms with Crippen LogP contribution in [-0.2, 0) is 13.0 Å². The first kappa shape index (κ1) is 19.7. The lowest BCUT2D eigenvalue weighted by atomic mass is 10.1. The fourth-order valence-electron chi connectivity index (χ4n) is 3.27. The molecule has 4 aromatic rings. The number of ether oxygens (including phenoxy) is 1. The van der Waals surface area contributed by atoms with E-state index in [1.807, 2.05) is 30.3 Å². The molecule has 0 aliphatic rings. The third-order valence-electron chi connectivity index (χ3n) is 4.92. The Bertz CT molecular complexity index is 1060. The number of rotatable bonds is 10. The monoisotopic (exact) mass is 402 g/mol. The Morgan fingerprint density at radius 1 is 0.900 bits per heavy atom. The molecule has 0 saturated carbocycles. The van der Waals surface area contributed by atoms with Crippen LogP contribution in [0, 0.1) is 0 Å². The second-order valence-corrected chi connectivity index (χ2v) is 7.07. The second-order valence-electron chi connectivity index (χ2n) is 7.07. The minimum atomic E-state index is 0.601. The smallest absolute Gasteiger partial charge is 0.226 e. The molecule has 7 nitrogen and oxygen atoms in total. The van der Waals surface area contributed by atoms with Crippen molar-refractivity contribution in [2.24, 2.45) is 0 Å². The van der Waals surface area contributed by atoms with Crippen molar-refractivity contribution in [2.75, 3.05) is 24.3 Å². The summed E-state index contributed by atoms with van der Waals surface area (Å²) in [5.74, 6) is 2.15. The van der Waals surface area contributed by atoms with E-state index in [9.17, 15) is 0 Å². The average Bonchev–Trinajstić information content (AvgIpc) is 3.27. The van der Waals surface area contributed by atoms with Gasteiger partial charge in [0.25, 0.3) is 0 Å². The highest BCUT2D eigenvalue weighted by atomic mass is 16.5. The van der Waals surface area contributed by atoms with E-state index < -0.39 is 0 Å². The quantitative estimate of drug-likeness (QED) is 0.341. The molecule has 0 aliphatic carbocycles. The predicted octanol–water partition coefficient (Wildman–Crippen LogP) is 4.41. The standard InChI is InChI=1S/C23H26N6O/c1-30-19-12-10-18(11-13-19)15-25-21-20-22(27-16-26-20)29-23(28-21)24-14-6-5-9-17-7-3-2-4-8-17/h2-4,7-8,10-13,16H,5-6,9,14-15H2,1H3,(H3,24,25,26,27,28,29). The predicted molar refractivity (Wildman–Crippen MR) is 120 cm³/mol. The zero-order chi connectivity index (χ0) is 20.6. The summed E-state index contributed by atoms with van der Waals surface area (Å²) < 4.78 is 5.21. The number of anilines is 2. The van der Waals surface area contributed by atoms with Crippen LogP contribution in [0.25, 0.3) is 11.2 Å². The van der Waals surface area contributed by atoms with Gasteiger partial charge < -0.3 is 20.4 Å². The van der Waals surface area contributed by atoms with Crippen LogP contribution in [-0.4, -0.2) is 33.6 Å². The molecule has 0 saturated heterocycles. The molecule has 0 bridgehead atoms. The molecule has 0 unspecified atom stereocenters. The highest BCUT2D eigenvalue weighted by Gasteiger charge is 2.10. The molecule has 2 aromatic heterocycles. The SMILES string of the molecule is COc1ccc(CNc2nc(NCCCCc3ccccc3)nc3[nH]cnc23)cc1. The molecular weight excluding hydrogens is 376 g/mol.